The summed E-state index contributed by atoms with van der Waals surface area (Å²) in [4.78, 5) is 12.6. The molecule has 0 unspecified atom stereocenters. The van der Waals surface area contributed by atoms with Crippen molar-refractivity contribution in [3.63, 3.8) is 0 Å². The number of hydrogen-bond acceptors (Lipinski definition) is 7. The van der Waals surface area contributed by atoms with Gasteiger partial charge in [0, 0.05) is 23.9 Å². The number of rotatable bonds is 8. The summed E-state index contributed by atoms with van der Waals surface area (Å²) < 4.78 is 41.6. The number of alkyl halides is 3. The van der Waals surface area contributed by atoms with E-state index in [1.54, 1.807) is 30.5 Å². The summed E-state index contributed by atoms with van der Waals surface area (Å²) >= 11 is 0. The van der Waals surface area contributed by atoms with Gasteiger partial charge in [0.2, 0.25) is 5.82 Å². The van der Waals surface area contributed by atoms with Crippen molar-refractivity contribution in [2.75, 3.05) is 13.2 Å². The fraction of sp³-hybridized carbons (Fsp3) is 0.312. The van der Waals surface area contributed by atoms with Crippen molar-refractivity contribution in [1.29, 1.82) is 0 Å². The molecule has 1 heterocycles. The van der Waals surface area contributed by atoms with Crippen LogP contribution in [0.15, 0.2) is 45.6 Å². The minimum absolute atomic E-state index is 0.122. The predicted octanol–water partition coefficient (Wildman–Crippen LogP) is 2.71. The van der Waals surface area contributed by atoms with E-state index in [0.29, 0.717) is 25.3 Å². The third kappa shape index (κ3) is 5.67. The first-order valence-electron chi connectivity index (χ1n) is 7.69. The Bertz CT molecular complexity index is 754. The van der Waals surface area contributed by atoms with Crippen molar-refractivity contribution < 1.29 is 22.5 Å². The first-order chi connectivity index (χ1) is 12.4. The topological polar surface area (TPSA) is 98.6 Å². The van der Waals surface area contributed by atoms with Crippen LogP contribution in [0.1, 0.15) is 18.4 Å². The van der Waals surface area contributed by atoms with Crippen molar-refractivity contribution in [1.82, 2.24) is 15.6 Å². The van der Waals surface area contributed by atoms with Gasteiger partial charge in [-0.25, -0.2) is 0 Å². The summed E-state index contributed by atoms with van der Waals surface area (Å²) in [7, 11) is 0. The van der Waals surface area contributed by atoms with E-state index >= 15 is 0 Å². The van der Waals surface area contributed by atoms with Gasteiger partial charge in [0.25, 0.3) is 0 Å². The van der Waals surface area contributed by atoms with Crippen molar-refractivity contribution >= 4 is 6.21 Å². The Labute approximate surface area is 147 Å². The first-order valence-corrected chi connectivity index (χ1v) is 7.69. The molecule has 10 heteroatoms. The predicted molar refractivity (Wildman–Crippen MR) is 88.8 cm³/mol. The van der Waals surface area contributed by atoms with Crippen molar-refractivity contribution in [2.45, 2.75) is 19.6 Å². The SMILES string of the molecule is CCONCC(C=NCc1ccc(-c2noc(C(F)(F)F)n2)cc1)=CN. The van der Waals surface area contributed by atoms with Crippen LogP contribution in [0, 0.1) is 0 Å². The lowest BCUT2D eigenvalue weighted by Crippen LogP contribution is -2.18. The second-order valence-electron chi connectivity index (χ2n) is 5.08. The van der Waals surface area contributed by atoms with E-state index in [-0.39, 0.29) is 5.82 Å². The minimum atomic E-state index is -4.66. The number of halogens is 3. The molecule has 0 fully saturated rings. The summed E-state index contributed by atoms with van der Waals surface area (Å²) in [5, 5.41) is 3.34. The van der Waals surface area contributed by atoms with Gasteiger partial charge >= 0.3 is 12.1 Å². The van der Waals surface area contributed by atoms with Gasteiger partial charge in [-0.2, -0.15) is 23.6 Å². The third-order valence-electron chi connectivity index (χ3n) is 3.15. The van der Waals surface area contributed by atoms with Gasteiger partial charge in [-0.1, -0.05) is 29.4 Å². The first kappa shape index (κ1) is 19.6. The molecule has 140 valence electrons. The highest BCUT2D eigenvalue weighted by Crippen LogP contribution is 2.29. The quantitative estimate of drug-likeness (QED) is 0.422. The van der Waals surface area contributed by atoms with E-state index in [2.05, 4.69) is 25.1 Å². The molecule has 26 heavy (non-hydrogen) atoms. The van der Waals surface area contributed by atoms with Crippen LogP contribution >= 0.6 is 0 Å². The molecule has 3 N–H and O–H groups in total. The number of hydroxylamine groups is 1. The van der Waals surface area contributed by atoms with Crippen molar-refractivity contribution in [3.05, 3.63) is 47.5 Å². The third-order valence-corrected chi connectivity index (χ3v) is 3.15. The second kappa shape index (κ2) is 9.11. The number of hydrogen-bond donors (Lipinski definition) is 2. The molecule has 0 spiro atoms. The number of nitrogens with two attached hydrogens (primary N) is 1. The van der Waals surface area contributed by atoms with Gasteiger partial charge in [-0.05, 0) is 18.7 Å². The number of benzene rings is 1. The van der Waals surface area contributed by atoms with Crippen LogP contribution in [0.5, 0.6) is 0 Å². The number of aromatic nitrogens is 2. The fourth-order valence-electron chi connectivity index (χ4n) is 1.87. The van der Waals surface area contributed by atoms with E-state index in [0.717, 1.165) is 11.1 Å². The molecule has 0 amide bonds. The Morgan fingerprint density at radius 2 is 2.08 bits per heavy atom. The summed E-state index contributed by atoms with van der Waals surface area (Å²) in [5.41, 5.74) is 10.3. The van der Waals surface area contributed by atoms with Gasteiger partial charge in [-0.3, -0.25) is 4.99 Å². The zero-order valence-electron chi connectivity index (χ0n) is 14.0. The summed E-state index contributed by atoms with van der Waals surface area (Å²) in [6.07, 6.45) is -1.62. The van der Waals surface area contributed by atoms with Crippen LogP contribution in [0.25, 0.3) is 11.4 Å². The molecule has 0 aliphatic rings. The zero-order chi connectivity index (χ0) is 19.0. The van der Waals surface area contributed by atoms with E-state index in [4.69, 9.17) is 10.6 Å². The van der Waals surface area contributed by atoms with Gasteiger partial charge in [0.1, 0.15) is 0 Å². The lowest BCUT2D eigenvalue weighted by atomic mass is 10.1. The Kier molecular flexibility index (Phi) is 6.87. The molecule has 2 aromatic rings. The minimum Gasteiger partial charge on any atom is -0.404 e. The van der Waals surface area contributed by atoms with Gasteiger partial charge in [-0.15, -0.1) is 0 Å². The Morgan fingerprint density at radius 3 is 2.65 bits per heavy atom. The van der Waals surface area contributed by atoms with E-state index in [1.165, 1.54) is 6.20 Å². The normalized spacial score (nSPS) is 12.8. The van der Waals surface area contributed by atoms with Gasteiger partial charge < -0.3 is 15.1 Å². The lowest BCUT2D eigenvalue weighted by Gasteiger charge is -2.03. The maximum absolute atomic E-state index is 12.5. The summed E-state index contributed by atoms with van der Waals surface area (Å²) in [6, 6.07) is 6.65. The van der Waals surface area contributed by atoms with Crippen molar-refractivity contribution in [2.24, 2.45) is 10.7 Å². The monoisotopic (exact) mass is 369 g/mol. The molecule has 1 aromatic carbocycles. The van der Waals surface area contributed by atoms with Crippen LogP contribution in [-0.4, -0.2) is 29.5 Å². The average Bonchev–Trinajstić information content (AvgIpc) is 3.11. The Hall–Kier alpha value is -2.72. The van der Waals surface area contributed by atoms with Crippen LogP contribution in [0.2, 0.25) is 0 Å². The molecule has 1 aromatic heterocycles. The average molecular weight is 369 g/mol. The second-order valence-corrected chi connectivity index (χ2v) is 5.08. The molecule has 0 bridgehead atoms. The largest absolute Gasteiger partial charge is 0.471 e. The van der Waals surface area contributed by atoms with Crippen molar-refractivity contribution in [3.8, 4) is 11.4 Å². The number of nitrogens with one attached hydrogen (secondary N) is 1. The molecule has 0 aliphatic carbocycles. The smallest absolute Gasteiger partial charge is 0.404 e. The molecule has 0 atom stereocenters. The molecular formula is C16H18F3N5O2. The van der Waals surface area contributed by atoms with E-state index < -0.39 is 12.1 Å². The molecule has 2 rings (SSSR count). The van der Waals surface area contributed by atoms with E-state index in [9.17, 15) is 13.2 Å². The van der Waals surface area contributed by atoms with Crippen LogP contribution in [-0.2, 0) is 17.6 Å². The van der Waals surface area contributed by atoms with Gasteiger partial charge in [0.05, 0.1) is 13.2 Å². The highest BCUT2D eigenvalue weighted by molar-refractivity contribution is 5.78. The molecular weight excluding hydrogens is 351 g/mol. The summed E-state index contributed by atoms with van der Waals surface area (Å²) in [5.74, 6) is -1.49. The maximum atomic E-state index is 12.5. The van der Waals surface area contributed by atoms with Gasteiger partial charge in [0.15, 0.2) is 0 Å². The lowest BCUT2D eigenvalue weighted by molar-refractivity contribution is -0.159. The Balaban J connectivity index is 1.95. The molecule has 0 radical (unpaired) electrons. The summed E-state index contributed by atoms with van der Waals surface area (Å²) in [6.45, 7) is 3.19. The molecule has 7 nitrogen and oxygen atoms in total. The molecule has 0 aliphatic heterocycles. The van der Waals surface area contributed by atoms with E-state index in [1.807, 2.05) is 6.92 Å². The highest BCUT2D eigenvalue weighted by Gasteiger charge is 2.38. The fourth-order valence-corrected chi connectivity index (χ4v) is 1.87. The Morgan fingerprint density at radius 1 is 1.35 bits per heavy atom. The number of nitrogens with zero attached hydrogens (tertiary/aromatic N) is 3. The number of aliphatic imine (C=N–C) groups is 1. The van der Waals surface area contributed by atoms with Crippen LogP contribution in [0.3, 0.4) is 0 Å². The molecule has 0 saturated heterocycles. The van der Waals surface area contributed by atoms with Crippen LogP contribution in [0.4, 0.5) is 13.2 Å². The maximum Gasteiger partial charge on any atom is 0.471 e. The zero-order valence-corrected chi connectivity index (χ0v) is 14.0. The van der Waals surface area contributed by atoms with Crippen LogP contribution < -0.4 is 11.2 Å². The highest BCUT2D eigenvalue weighted by atomic mass is 19.4. The molecule has 0 saturated carbocycles. The standard InChI is InChI=1S/C16H18F3N5O2/c1-2-25-22-10-12(7-20)9-21-8-11-3-5-13(6-4-11)14-23-15(26-24-14)16(17,18)19/h3-7,9,22H,2,8,10,20H2,1H3.